The van der Waals surface area contributed by atoms with Gasteiger partial charge in [0.2, 0.25) is 0 Å². The van der Waals surface area contributed by atoms with Gasteiger partial charge < -0.3 is 10.4 Å². The molecule has 0 spiro atoms. The molecule has 19 heavy (non-hydrogen) atoms. The van der Waals surface area contributed by atoms with Crippen molar-refractivity contribution < 1.29 is 14.7 Å². The Hall–Kier alpha value is -1.43. The third-order valence-electron chi connectivity index (χ3n) is 3.45. The number of hydrogen-bond acceptors (Lipinski definition) is 5. The second kappa shape index (κ2) is 6.14. The van der Waals surface area contributed by atoms with Crippen LogP contribution >= 0.6 is 11.3 Å². The van der Waals surface area contributed by atoms with Gasteiger partial charge in [0.25, 0.3) is 0 Å². The quantitative estimate of drug-likeness (QED) is 0.784. The number of aromatic nitrogens is 1. The van der Waals surface area contributed by atoms with Crippen molar-refractivity contribution in [2.24, 2.45) is 5.92 Å². The van der Waals surface area contributed by atoms with E-state index in [1.807, 2.05) is 0 Å². The number of carboxylic acid groups (broad SMARTS) is 1. The highest BCUT2D eigenvalue weighted by Crippen LogP contribution is 2.28. The van der Waals surface area contributed by atoms with Gasteiger partial charge in [-0.05, 0) is 12.3 Å². The SMILES string of the molecule is CC(=O)c1sc(NCCC2CCCC2)nc1C(=O)O. The number of anilines is 1. The standard InChI is InChI=1S/C13H18N2O3S/c1-8(16)11-10(12(17)18)15-13(19-11)14-7-6-9-4-2-3-5-9/h9H,2-7H2,1H3,(H,14,15)(H,17,18). The maximum atomic E-state index is 11.3. The van der Waals surface area contributed by atoms with Gasteiger partial charge in [-0.25, -0.2) is 9.78 Å². The van der Waals surface area contributed by atoms with Gasteiger partial charge in [-0.1, -0.05) is 37.0 Å². The van der Waals surface area contributed by atoms with Crippen molar-refractivity contribution in [2.45, 2.75) is 39.0 Å². The van der Waals surface area contributed by atoms with E-state index in [0.29, 0.717) is 5.13 Å². The lowest BCUT2D eigenvalue weighted by Crippen LogP contribution is -2.07. The van der Waals surface area contributed by atoms with Crippen LogP contribution in [0.5, 0.6) is 0 Å². The molecule has 1 saturated carbocycles. The summed E-state index contributed by atoms with van der Waals surface area (Å²) in [5.74, 6) is -0.622. The Morgan fingerprint density at radius 3 is 2.63 bits per heavy atom. The lowest BCUT2D eigenvalue weighted by molar-refractivity contribution is 0.0687. The smallest absolute Gasteiger partial charge is 0.356 e. The molecule has 0 atom stereocenters. The van der Waals surface area contributed by atoms with Crippen molar-refractivity contribution in [1.29, 1.82) is 0 Å². The molecular formula is C13H18N2O3S. The first-order chi connectivity index (χ1) is 9.08. The molecule has 0 unspecified atom stereocenters. The van der Waals surface area contributed by atoms with Crippen molar-refractivity contribution in [3.05, 3.63) is 10.6 Å². The predicted molar refractivity (Wildman–Crippen MR) is 74.1 cm³/mol. The number of nitrogens with zero attached hydrogens (tertiary/aromatic N) is 1. The third kappa shape index (κ3) is 3.53. The number of hydrogen-bond donors (Lipinski definition) is 2. The van der Waals surface area contributed by atoms with Crippen LogP contribution in [0.1, 0.15) is 59.2 Å². The molecule has 5 nitrogen and oxygen atoms in total. The highest BCUT2D eigenvalue weighted by atomic mass is 32.1. The summed E-state index contributed by atoms with van der Waals surface area (Å²) in [5.41, 5.74) is -0.138. The van der Waals surface area contributed by atoms with Gasteiger partial charge in [-0.15, -0.1) is 0 Å². The Labute approximate surface area is 116 Å². The lowest BCUT2D eigenvalue weighted by Gasteiger charge is -2.08. The molecule has 104 valence electrons. The summed E-state index contributed by atoms with van der Waals surface area (Å²) in [4.78, 5) is 26.5. The van der Waals surface area contributed by atoms with Crippen LogP contribution in [0.3, 0.4) is 0 Å². The van der Waals surface area contributed by atoms with Crippen LogP contribution in [0.25, 0.3) is 0 Å². The van der Waals surface area contributed by atoms with Crippen molar-refractivity contribution in [3.8, 4) is 0 Å². The number of nitrogens with one attached hydrogen (secondary N) is 1. The second-order valence-electron chi connectivity index (χ2n) is 4.92. The van der Waals surface area contributed by atoms with Crippen LogP contribution in [-0.4, -0.2) is 28.4 Å². The summed E-state index contributed by atoms with van der Waals surface area (Å²) in [6.07, 6.45) is 6.30. The fourth-order valence-corrected chi connectivity index (χ4v) is 3.34. The number of carboxylic acids is 1. The largest absolute Gasteiger partial charge is 0.476 e. The molecule has 1 aliphatic rings. The Kier molecular flexibility index (Phi) is 4.52. The molecule has 2 rings (SSSR count). The number of Topliss-reactive ketones (excluding diaryl/α,β-unsaturated/α-hetero) is 1. The number of rotatable bonds is 6. The van der Waals surface area contributed by atoms with E-state index >= 15 is 0 Å². The minimum Gasteiger partial charge on any atom is -0.476 e. The summed E-state index contributed by atoms with van der Waals surface area (Å²) in [5, 5.41) is 12.7. The van der Waals surface area contributed by atoms with Gasteiger partial charge in [-0.2, -0.15) is 0 Å². The molecule has 0 aliphatic heterocycles. The normalized spacial score (nSPS) is 15.6. The molecule has 0 radical (unpaired) electrons. The maximum absolute atomic E-state index is 11.3. The molecule has 6 heteroatoms. The van der Waals surface area contributed by atoms with E-state index in [2.05, 4.69) is 10.3 Å². The number of aromatic carboxylic acids is 1. The van der Waals surface area contributed by atoms with Gasteiger partial charge in [-0.3, -0.25) is 4.79 Å². The monoisotopic (exact) mass is 282 g/mol. The summed E-state index contributed by atoms with van der Waals surface area (Å²) in [6.45, 7) is 2.15. The zero-order valence-corrected chi connectivity index (χ0v) is 11.8. The summed E-state index contributed by atoms with van der Waals surface area (Å²) in [6, 6.07) is 0. The Morgan fingerprint density at radius 1 is 1.42 bits per heavy atom. The van der Waals surface area contributed by atoms with E-state index in [1.54, 1.807) is 0 Å². The predicted octanol–water partition coefficient (Wildman–Crippen LogP) is 3.04. The highest BCUT2D eigenvalue weighted by Gasteiger charge is 2.20. The van der Waals surface area contributed by atoms with Crippen molar-refractivity contribution in [1.82, 2.24) is 4.98 Å². The minimum atomic E-state index is -1.15. The molecule has 0 aromatic carbocycles. The average Bonchev–Trinajstić information content (AvgIpc) is 2.97. The maximum Gasteiger partial charge on any atom is 0.356 e. The Balaban J connectivity index is 1.94. The molecule has 1 aromatic heterocycles. The van der Waals surface area contributed by atoms with Crippen molar-refractivity contribution in [2.75, 3.05) is 11.9 Å². The summed E-state index contributed by atoms with van der Waals surface area (Å²) in [7, 11) is 0. The molecule has 0 saturated heterocycles. The van der Waals surface area contributed by atoms with Crippen molar-refractivity contribution >= 4 is 28.2 Å². The van der Waals surface area contributed by atoms with Gasteiger partial charge in [0, 0.05) is 13.5 Å². The topological polar surface area (TPSA) is 79.3 Å². The summed E-state index contributed by atoms with van der Waals surface area (Å²) < 4.78 is 0. The van der Waals surface area contributed by atoms with Gasteiger partial charge in [0.05, 0.1) is 0 Å². The Bertz CT molecular complexity index is 447. The zero-order chi connectivity index (χ0) is 13.8. The van der Waals surface area contributed by atoms with E-state index < -0.39 is 5.97 Å². The summed E-state index contributed by atoms with van der Waals surface area (Å²) >= 11 is 1.13. The van der Waals surface area contributed by atoms with Crippen LogP contribution in [-0.2, 0) is 0 Å². The average molecular weight is 282 g/mol. The van der Waals surface area contributed by atoms with Crippen LogP contribution in [0.2, 0.25) is 0 Å². The molecular weight excluding hydrogens is 264 g/mol. The first kappa shape index (κ1) is 14.0. The first-order valence-electron chi connectivity index (χ1n) is 6.57. The molecule has 2 N–H and O–H groups in total. The van der Waals surface area contributed by atoms with E-state index in [1.165, 1.54) is 32.6 Å². The molecule has 0 amide bonds. The van der Waals surface area contributed by atoms with Crippen LogP contribution in [0.15, 0.2) is 0 Å². The van der Waals surface area contributed by atoms with E-state index in [-0.39, 0.29) is 16.4 Å². The number of thiazole rings is 1. The second-order valence-corrected chi connectivity index (χ2v) is 5.92. The van der Waals surface area contributed by atoms with Crippen molar-refractivity contribution in [3.63, 3.8) is 0 Å². The van der Waals surface area contributed by atoms with E-state index in [9.17, 15) is 9.59 Å². The number of carbonyl (C=O) groups excluding carboxylic acids is 1. The number of carbonyl (C=O) groups is 2. The third-order valence-corrected chi connectivity index (χ3v) is 4.57. The first-order valence-corrected chi connectivity index (χ1v) is 7.38. The zero-order valence-electron chi connectivity index (χ0n) is 10.9. The molecule has 1 fully saturated rings. The fraction of sp³-hybridized carbons (Fsp3) is 0.615. The van der Waals surface area contributed by atoms with Crippen LogP contribution in [0.4, 0.5) is 5.13 Å². The van der Waals surface area contributed by atoms with Gasteiger partial charge in [0.1, 0.15) is 4.88 Å². The van der Waals surface area contributed by atoms with Gasteiger partial charge >= 0.3 is 5.97 Å². The van der Waals surface area contributed by atoms with Gasteiger partial charge in [0.15, 0.2) is 16.6 Å². The Morgan fingerprint density at radius 2 is 2.11 bits per heavy atom. The lowest BCUT2D eigenvalue weighted by atomic mass is 10.0. The molecule has 1 aromatic rings. The van der Waals surface area contributed by atoms with E-state index in [0.717, 1.165) is 30.2 Å². The van der Waals surface area contributed by atoms with E-state index in [4.69, 9.17) is 5.11 Å². The van der Waals surface area contributed by atoms with Crippen LogP contribution < -0.4 is 5.32 Å². The highest BCUT2D eigenvalue weighted by molar-refractivity contribution is 7.17. The minimum absolute atomic E-state index is 0.138. The number of ketones is 1. The fourth-order valence-electron chi connectivity index (χ4n) is 2.46. The molecule has 1 heterocycles. The molecule has 1 aliphatic carbocycles. The molecule has 0 bridgehead atoms. The van der Waals surface area contributed by atoms with Crippen LogP contribution in [0, 0.1) is 5.92 Å².